The van der Waals surface area contributed by atoms with Gasteiger partial charge in [-0.3, -0.25) is 0 Å². The number of halogens is 2. The number of hydrogen-bond acceptors (Lipinski definition) is 3. The van der Waals surface area contributed by atoms with Crippen LogP contribution in [0.25, 0.3) is 4.91 Å². The second-order valence-electron chi connectivity index (χ2n) is 5.92. The Morgan fingerprint density at radius 2 is 1.68 bits per heavy atom. The molecule has 0 bridgehead atoms. The van der Waals surface area contributed by atoms with E-state index in [1.165, 1.54) is 6.07 Å². The van der Waals surface area contributed by atoms with Crippen molar-refractivity contribution in [2.24, 2.45) is 4.40 Å². The van der Waals surface area contributed by atoms with Gasteiger partial charge in [0, 0.05) is 11.6 Å². The number of benzene rings is 2. The normalized spacial score (nSPS) is 16.1. The summed E-state index contributed by atoms with van der Waals surface area (Å²) in [4.78, 5) is 0.0839. The zero-order valence-electron chi connectivity index (χ0n) is 13.9. The van der Waals surface area contributed by atoms with Crippen LogP contribution in [0.4, 0.5) is 14.5 Å². The summed E-state index contributed by atoms with van der Waals surface area (Å²) < 4.78 is 55.5. The molecule has 0 fully saturated rings. The zero-order chi connectivity index (χ0) is 18.4. The first-order chi connectivity index (χ1) is 11.7. The monoisotopic (exact) mass is 362 g/mol. The van der Waals surface area contributed by atoms with E-state index in [4.69, 9.17) is 0 Å². The van der Waals surface area contributed by atoms with E-state index in [0.29, 0.717) is 11.1 Å². The van der Waals surface area contributed by atoms with Crippen molar-refractivity contribution in [1.82, 2.24) is 0 Å². The van der Waals surface area contributed by atoms with Crippen molar-refractivity contribution in [3.05, 3.63) is 70.3 Å². The van der Waals surface area contributed by atoms with Gasteiger partial charge in [-0.25, -0.2) is 8.78 Å². The van der Waals surface area contributed by atoms with Gasteiger partial charge in [-0.15, -0.1) is 4.40 Å². The Kier molecular flexibility index (Phi) is 4.20. The van der Waals surface area contributed by atoms with Gasteiger partial charge in [0.2, 0.25) is 0 Å². The van der Waals surface area contributed by atoms with Crippen molar-refractivity contribution in [2.75, 3.05) is 5.32 Å². The summed E-state index contributed by atoms with van der Waals surface area (Å²) in [5.74, 6) is -1.52. The van der Waals surface area contributed by atoms with E-state index in [1.807, 2.05) is 19.9 Å². The Hall–Kier alpha value is -2.54. The van der Waals surface area contributed by atoms with E-state index >= 15 is 0 Å². The van der Waals surface area contributed by atoms with Gasteiger partial charge in [-0.05, 0) is 49.6 Å². The lowest BCUT2D eigenvalue weighted by Gasteiger charge is -2.09. The van der Waals surface area contributed by atoms with E-state index < -0.39 is 21.7 Å². The molecule has 0 amide bonds. The highest BCUT2D eigenvalue weighted by atomic mass is 32.2. The van der Waals surface area contributed by atoms with Crippen LogP contribution in [0.1, 0.15) is 23.6 Å². The maximum atomic E-state index is 13.8. The molecule has 2 aromatic rings. The van der Waals surface area contributed by atoms with Crippen LogP contribution in [-0.4, -0.2) is 14.3 Å². The maximum absolute atomic E-state index is 13.8. The van der Waals surface area contributed by atoms with Crippen LogP contribution < -0.4 is 5.32 Å². The molecule has 0 saturated carbocycles. The summed E-state index contributed by atoms with van der Waals surface area (Å²) in [6, 6.07) is 8.33. The smallest absolute Gasteiger partial charge is 0.285 e. The molecule has 130 valence electrons. The van der Waals surface area contributed by atoms with Crippen LogP contribution in [0.2, 0.25) is 0 Å². The standard InChI is InChI=1S/C18H16F2N2O2S/c1-10-4-5-13(8-11(10)2)17-12(3)18(22-25(17,23)24)21-16-7-6-14(19)9-15(16)20/h4-9H,1-3H3,(H,21,22). The molecule has 1 N–H and O–H groups in total. The SMILES string of the molecule is CC1=C(c2ccc(C)c(C)c2)S(=O)(=O)N=C1Nc1ccc(F)cc1F. The molecule has 1 aliphatic rings. The third-order valence-electron chi connectivity index (χ3n) is 4.12. The average Bonchev–Trinajstić information content (AvgIpc) is 2.74. The van der Waals surface area contributed by atoms with E-state index in [2.05, 4.69) is 9.71 Å². The molecule has 25 heavy (non-hydrogen) atoms. The number of nitrogens with zero attached hydrogens (tertiary/aromatic N) is 1. The van der Waals surface area contributed by atoms with Gasteiger partial charge in [-0.2, -0.15) is 8.42 Å². The van der Waals surface area contributed by atoms with Gasteiger partial charge in [0.1, 0.15) is 22.4 Å². The minimum Gasteiger partial charge on any atom is -0.337 e. The topological polar surface area (TPSA) is 58.5 Å². The quantitative estimate of drug-likeness (QED) is 0.872. The summed E-state index contributed by atoms with van der Waals surface area (Å²) in [7, 11) is -3.90. The van der Waals surface area contributed by atoms with Crippen LogP contribution in [0.3, 0.4) is 0 Å². The highest BCUT2D eigenvalue weighted by Gasteiger charge is 2.31. The molecular formula is C18H16F2N2O2S. The van der Waals surface area contributed by atoms with Gasteiger partial charge in [0.25, 0.3) is 10.0 Å². The largest absolute Gasteiger partial charge is 0.337 e. The number of nitrogens with one attached hydrogen (secondary N) is 1. The minimum atomic E-state index is -3.90. The van der Waals surface area contributed by atoms with Gasteiger partial charge >= 0.3 is 0 Å². The molecule has 7 heteroatoms. The molecule has 0 saturated heterocycles. The molecule has 4 nitrogen and oxygen atoms in total. The van der Waals surface area contributed by atoms with E-state index in [-0.39, 0.29) is 16.4 Å². The van der Waals surface area contributed by atoms with Crippen molar-refractivity contribution in [1.29, 1.82) is 0 Å². The highest BCUT2D eigenvalue weighted by molar-refractivity contribution is 8.00. The van der Waals surface area contributed by atoms with E-state index in [9.17, 15) is 17.2 Å². The summed E-state index contributed by atoms with van der Waals surface area (Å²) in [5, 5.41) is 2.64. The molecule has 0 atom stereocenters. The highest BCUT2D eigenvalue weighted by Crippen LogP contribution is 2.34. The fourth-order valence-corrected chi connectivity index (χ4v) is 4.04. The second-order valence-corrected chi connectivity index (χ2v) is 7.46. The Bertz CT molecular complexity index is 1040. The Balaban J connectivity index is 2.05. The van der Waals surface area contributed by atoms with Crippen molar-refractivity contribution >= 4 is 26.5 Å². The molecule has 1 aliphatic heterocycles. The molecule has 0 aromatic heterocycles. The van der Waals surface area contributed by atoms with Crippen molar-refractivity contribution in [3.8, 4) is 0 Å². The molecule has 2 aromatic carbocycles. The average molecular weight is 362 g/mol. The van der Waals surface area contributed by atoms with E-state index in [0.717, 1.165) is 23.3 Å². The Labute approximate surface area is 145 Å². The van der Waals surface area contributed by atoms with Crippen LogP contribution >= 0.6 is 0 Å². The van der Waals surface area contributed by atoms with Gasteiger partial charge < -0.3 is 5.32 Å². The third kappa shape index (κ3) is 3.19. The number of rotatable bonds is 2. The summed E-state index contributed by atoms with van der Waals surface area (Å²) in [6.07, 6.45) is 0. The lowest BCUT2D eigenvalue weighted by molar-refractivity contribution is 0.586. The molecule has 0 spiro atoms. The lowest BCUT2D eigenvalue weighted by Crippen LogP contribution is -2.12. The molecule has 0 aliphatic carbocycles. The predicted molar refractivity (Wildman–Crippen MR) is 94.8 cm³/mol. The van der Waals surface area contributed by atoms with Gasteiger partial charge in [-0.1, -0.05) is 18.2 Å². The number of amidine groups is 1. The van der Waals surface area contributed by atoms with Crippen molar-refractivity contribution in [2.45, 2.75) is 20.8 Å². The summed E-state index contributed by atoms with van der Waals surface area (Å²) in [5.41, 5.74) is 2.87. The number of sulfonamides is 1. The Morgan fingerprint density at radius 1 is 0.960 bits per heavy atom. The lowest BCUT2D eigenvalue weighted by atomic mass is 10.0. The number of aryl methyl sites for hydroxylation is 2. The first-order valence-electron chi connectivity index (χ1n) is 7.55. The van der Waals surface area contributed by atoms with Crippen molar-refractivity contribution < 1.29 is 17.2 Å². The molecular weight excluding hydrogens is 346 g/mol. The summed E-state index contributed by atoms with van der Waals surface area (Å²) in [6.45, 7) is 5.43. The fraction of sp³-hybridized carbons (Fsp3) is 0.167. The van der Waals surface area contributed by atoms with Crippen LogP contribution in [0, 0.1) is 25.5 Å². The summed E-state index contributed by atoms with van der Waals surface area (Å²) >= 11 is 0. The van der Waals surface area contributed by atoms with Crippen LogP contribution in [0.5, 0.6) is 0 Å². The maximum Gasteiger partial charge on any atom is 0.285 e. The van der Waals surface area contributed by atoms with Crippen LogP contribution in [-0.2, 0) is 10.0 Å². The zero-order valence-corrected chi connectivity index (χ0v) is 14.7. The third-order valence-corrected chi connectivity index (χ3v) is 5.60. The molecule has 1 heterocycles. The Morgan fingerprint density at radius 3 is 2.32 bits per heavy atom. The molecule has 0 unspecified atom stereocenters. The number of hydrogen-bond donors (Lipinski definition) is 1. The van der Waals surface area contributed by atoms with Gasteiger partial charge in [0.05, 0.1) is 5.69 Å². The van der Waals surface area contributed by atoms with E-state index in [1.54, 1.807) is 19.1 Å². The fourth-order valence-electron chi connectivity index (χ4n) is 2.62. The van der Waals surface area contributed by atoms with Crippen molar-refractivity contribution in [3.63, 3.8) is 0 Å². The predicted octanol–water partition coefficient (Wildman–Crippen LogP) is 4.17. The minimum absolute atomic E-state index is 0.0266. The second kappa shape index (κ2) is 6.07. The van der Waals surface area contributed by atoms with Crippen LogP contribution in [0.15, 0.2) is 46.4 Å². The first kappa shape index (κ1) is 17.3. The first-order valence-corrected chi connectivity index (χ1v) is 8.99. The number of anilines is 1. The molecule has 3 rings (SSSR count). The van der Waals surface area contributed by atoms with Gasteiger partial charge in [0.15, 0.2) is 0 Å². The molecule has 0 radical (unpaired) electrons.